The molecular formula is C11H10N2O. The van der Waals surface area contributed by atoms with Gasteiger partial charge in [-0.1, -0.05) is 12.1 Å². The van der Waals surface area contributed by atoms with Crippen LogP contribution in [0.1, 0.15) is 5.56 Å². The summed E-state index contributed by atoms with van der Waals surface area (Å²) in [6.45, 7) is 1.85. The molecule has 0 atom stereocenters. The quantitative estimate of drug-likeness (QED) is 0.742. The van der Waals surface area contributed by atoms with Gasteiger partial charge in [0.25, 0.3) is 0 Å². The second-order valence-corrected chi connectivity index (χ2v) is 3.07. The van der Waals surface area contributed by atoms with Gasteiger partial charge in [-0.25, -0.2) is 9.97 Å². The second kappa shape index (κ2) is 3.46. The van der Waals surface area contributed by atoms with E-state index >= 15 is 0 Å². The van der Waals surface area contributed by atoms with Gasteiger partial charge in [0.2, 0.25) is 0 Å². The Morgan fingerprint density at radius 2 is 1.86 bits per heavy atom. The zero-order valence-corrected chi connectivity index (χ0v) is 7.81. The summed E-state index contributed by atoms with van der Waals surface area (Å²) in [6.07, 6.45) is 3.36. The number of phenols is 1. The van der Waals surface area contributed by atoms with E-state index in [0.29, 0.717) is 5.82 Å². The molecule has 1 N–H and O–H groups in total. The summed E-state index contributed by atoms with van der Waals surface area (Å²) in [7, 11) is 0. The third-order valence-electron chi connectivity index (χ3n) is 2.03. The van der Waals surface area contributed by atoms with Gasteiger partial charge < -0.3 is 5.11 Å². The topological polar surface area (TPSA) is 46.0 Å². The Morgan fingerprint density at radius 3 is 2.50 bits per heavy atom. The zero-order valence-electron chi connectivity index (χ0n) is 7.81. The normalized spacial score (nSPS) is 10.1. The first kappa shape index (κ1) is 8.69. The first-order valence-corrected chi connectivity index (χ1v) is 4.34. The Morgan fingerprint density at radius 1 is 1.14 bits per heavy atom. The van der Waals surface area contributed by atoms with Gasteiger partial charge in [0, 0.05) is 18.0 Å². The number of aromatic nitrogens is 2. The Kier molecular flexibility index (Phi) is 2.14. The number of aromatic hydroxyl groups is 1. The molecule has 0 radical (unpaired) electrons. The Hall–Kier alpha value is -1.90. The van der Waals surface area contributed by atoms with Crippen LogP contribution in [0.4, 0.5) is 0 Å². The SMILES string of the molecule is Cc1ccc(-c2ncccn2)cc1O. The minimum absolute atomic E-state index is 0.273. The maximum Gasteiger partial charge on any atom is 0.159 e. The highest BCUT2D eigenvalue weighted by Crippen LogP contribution is 2.22. The van der Waals surface area contributed by atoms with Crippen LogP contribution < -0.4 is 0 Å². The van der Waals surface area contributed by atoms with Crippen molar-refractivity contribution in [2.24, 2.45) is 0 Å². The van der Waals surface area contributed by atoms with E-state index in [0.717, 1.165) is 11.1 Å². The summed E-state index contributed by atoms with van der Waals surface area (Å²) in [6, 6.07) is 7.17. The van der Waals surface area contributed by atoms with E-state index in [-0.39, 0.29) is 5.75 Å². The third-order valence-corrected chi connectivity index (χ3v) is 2.03. The maximum absolute atomic E-state index is 9.51. The highest BCUT2D eigenvalue weighted by molar-refractivity contribution is 5.58. The molecule has 0 saturated carbocycles. The van der Waals surface area contributed by atoms with Crippen LogP contribution in [0.2, 0.25) is 0 Å². The Balaban J connectivity index is 2.48. The molecule has 0 spiro atoms. The molecule has 70 valence electrons. The van der Waals surface area contributed by atoms with Crippen LogP contribution in [0, 0.1) is 6.92 Å². The summed E-state index contributed by atoms with van der Waals surface area (Å²) in [5, 5.41) is 9.51. The molecule has 2 aromatic rings. The number of benzene rings is 1. The van der Waals surface area contributed by atoms with Crippen LogP contribution in [0.15, 0.2) is 36.7 Å². The summed E-state index contributed by atoms with van der Waals surface area (Å²) in [5.41, 5.74) is 1.68. The molecule has 1 aromatic carbocycles. The van der Waals surface area contributed by atoms with Gasteiger partial charge in [-0.05, 0) is 24.6 Å². The number of hydrogen-bond donors (Lipinski definition) is 1. The molecule has 3 nitrogen and oxygen atoms in total. The van der Waals surface area contributed by atoms with E-state index in [9.17, 15) is 5.11 Å². The summed E-state index contributed by atoms with van der Waals surface area (Å²) >= 11 is 0. The Labute approximate surface area is 82.1 Å². The molecule has 0 aliphatic rings. The van der Waals surface area contributed by atoms with Crippen molar-refractivity contribution in [3.05, 3.63) is 42.2 Å². The predicted molar refractivity (Wildman–Crippen MR) is 53.9 cm³/mol. The van der Waals surface area contributed by atoms with Gasteiger partial charge >= 0.3 is 0 Å². The highest BCUT2D eigenvalue weighted by Gasteiger charge is 2.02. The van der Waals surface area contributed by atoms with Crippen LogP contribution >= 0.6 is 0 Å². The van der Waals surface area contributed by atoms with Crippen molar-refractivity contribution >= 4 is 0 Å². The van der Waals surface area contributed by atoms with Crippen molar-refractivity contribution in [1.82, 2.24) is 9.97 Å². The molecule has 3 heteroatoms. The van der Waals surface area contributed by atoms with Crippen molar-refractivity contribution in [2.45, 2.75) is 6.92 Å². The van der Waals surface area contributed by atoms with E-state index in [2.05, 4.69) is 9.97 Å². The van der Waals surface area contributed by atoms with Crippen LogP contribution in [-0.2, 0) is 0 Å². The zero-order chi connectivity index (χ0) is 9.97. The average Bonchev–Trinajstić information content (AvgIpc) is 2.23. The van der Waals surface area contributed by atoms with E-state index < -0.39 is 0 Å². The molecule has 14 heavy (non-hydrogen) atoms. The minimum atomic E-state index is 0.273. The standard InChI is InChI=1S/C11H10N2O/c1-8-3-4-9(7-10(8)14)11-12-5-2-6-13-11/h2-7,14H,1H3. The molecule has 1 heterocycles. The third kappa shape index (κ3) is 1.57. The molecule has 0 unspecified atom stereocenters. The van der Waals surface area contributed by atoms with Gasteiger partial charge in [-0.2, -0.15) is 0 Å². The first-order chi connectivity index (χ1) is 6.77. The molecule has 0 bridgehead atoms. The summed E-state index contributed by atoms with van der Waals surface area (Å²) < 4.78 is 0. The van der Waals surface area contributed by atoms with E-state index in [1.165, 1.54) is 0 Å². The lowest BCUT2D eigenvalue weighted by atomic mass is 10.1. The lowest BCUT2D eigenvalue weighted by molar-refractivity contribution is 0.471. The monoisotopic (exact) mass is 186 g/mol. The van der Waals surface area contributed by atoms with Gasteiger partial charge in [0.05, 0.1) is 0 Å². The summed E-state index contributed by atoms with van der Waals surface area (Å²) in [5.74, 6) is 0.901. The van der Waals surface area contributed by atoms with E-state index in [1.54, 1.807) is 24.5 Å². The molecule has 1 aromatic heterocycles. The molecular weight excluding hydrogens is 176 g/mol. The van der Waals surface area contributed by atoms with Crippen molar-refractivity contribution in [1.29, 1.82) is 0 Å². The van der Waals surface area contributed by atoms with Crippen molar-refractivity contribution in [3.63, 3.8) is 0 Å². The molecule has 0 fully saturated rings. The predicted octanol–water partition coefficient (Wildman–Crippen LogP) is 2.16. The van der Waals surface area contributed by atoms with Crippen LogP contribution in [-0.4, -0.2) is 15.1 Å². The van der Waals surface area contributed by atoms with Crippen LogP contribution in [0.5, 0.6) is 5.75 Å². The maximum atomic E-state index is 9.51. The summed E-state index contributed by atoms with van der Waals surface area (Å²) in [4.78, 5) is 8.20. The fraction of sp³-hybridized carbons (Fsp3) is 0.0909. The average molecular weight is 186 g/mol. The van der Waals surface area contributed by atoms with Gasteiger partial charge in [-0.3, -0.25) is 0 Å². The van der Waals surface area contributed by atoms with Gasteiger partial charge in [-0.15, -0.1) is 0 Å². The van der Waals surface area contributed by atoms with Crippen LogP contribution in [0.25, 0.3) is 11.4 Å². The molecule has 0 aliphatic carbocycles. The largest absolute Gasteiger partial charge is 0.508 e. The lowest BCUT2D eigenvalue weighted by Gasteiger charge is -2.02. The minimum Gasteiger partial charge on any atom is -0.508 e. The fourth-order valence-corrected chi connectivity index (χ4v) is 1.20. The van der Waals surface area contributed by atoms with Crippen molar-refractivity contribution in [3.8, 4) is 17.1 Å². The number of phenolic OH excluding ortho intramolecular Hbond substituents is 1. The van der Waals surface area contributed by atoms with E-state index in [4.69, 9.17) is 0 Å². The van der Waals surface area contributed by atoms with Crippen LogP contribution in [0.3, 0.4) is 0 Å². The smallest absolute Gasteiger partial charge is 0.159 e. The molecule has 0 saturated heterocycles. The van der Waals surface area contributed by atoms with Gasteiger partial charge in [0.15, 0.2) is 5.82 Å². The van der Waals surface area contributed by atoms with E-state index in [1.807, 2.05) is 19.1 Å². The lowest BCUT2D eigenvalue weighted by Crippen LogP contribution is -1.86. The molecule has 0 aliphatic heterocycles. The van der Waals surface area contributed by atoms with Crippen molar-refractivity contribution in [2.75, 3.05) is 0 Å². The second-order valence-electron chi connectivity index (χ2n) is 3.07. The number of hydrogen-bond acceptors (Lipinski definition) is 3. The van der Waals surface area contributed by atoms with Gasteiger partial charge in [0.1, 0.15) is 5.75 Å². The highest BCUT2D eigenvalue weighted by atomic mass is 16.3. The fourth-order valence-electron chi connectivity index (χ4n) is 1.20. The molecule has 0 amide bonds. The van der Waals surface area contributed by atoms with Crippen molar-refractivity contribution < 1.29 is 5.11 Å². The number of aryl methyl sites for hydroxylation is 1. The molecule has 2 rings (SSSR count). The Bertz CT molecular complexity index is 440. The number of nitrogens with zero attached hydrogens (tertiary/aromatic N) is 2. The first-order valence-electron chi connectivity index (χ1n) is 4.34. The number of rotatable bonds is 1.